The third kappa shape index (κ3) is 2.89. The van der Waals surface area contributed by atoms with Crippen molar-refractivity contribution in [3.63, 3.8) is 0 Å². The molecule has 0 spiro atoms. The van der Waals surface area contributed by atoms with Gasteiger partial charge in [-0.25, -0.2) is 0 Å². The van der Waals surface area contributed by atoms with Crippen LogP contribution in [0.5, 0.6) is 5.75 Å². The van der Waals surface area contributed by atoms with Crippen LogP contribution in [0.4, 0.5) is 5.69 Å². The first-order chi connectivity index (χ1) is 9.38. The predicted molar refractivity (Wildman–Crippen MR) is 80.8 cm³/mol. The Morgan fingerprint density at radius 2 is 1.80 bits per heavy atom. The number of amides is 1. The quantitative estimate of drug-likeness (QED) is 0.888. The summed E-state index contributed by atoms with van der Waals surface area (Å²) in [6.45, 7) is 4.47. The Morgan fingerprint density at radius 3 is 2.35 bits per heavy atom. The molecule has 20 heavy (non-hydrogen) atoms. The van der Waals surface area contributed by atoms with Gasteiger partial charge < -0.3 is 15.8 Å². The summed E-state index contributed by atoms with van der Waals surface area (Å²) in [4.78, 5) is 12.0. The second kappa shape index (κ2) is 5.35. The van der Waals surface area contributed by atoms with Crippen molar-refractivity contribution in [3.8, 4) is 5.75 Å². The standard InChI is InChI=1S/C16H24N2O2/c1-15(2)8-10-16(11-9-15,14(17)19)18-12-6-4-5-7-13(12)20-3/h4-7,18H,8-11H2,1-3H3,(H2,17,19). The number of carbonyl (C=O) groups excluding carboxylic acids is 1. The molecule has 1 aromatic carbocycles. The fourth-order valence-corrected chi connectivity index (χ4v) is 2.79. The van der Waals surface area contributed by atoms with Gasteiger partial charge in [-0.3, -0.25) is 4.79 Å². The van der Waals surface area contributed by atoms with Crippen LogP contribution >= 0.6 is 0 Å². The third-order valence-electron chi connectivity index (χ3n) is 4.41. The minimum atomic E-state index is -0.663. The molecule has 0 aliphatic heterocycles. The fraction of sp³-hybridized carbons (Fsp3) is 0.562. The molecule has 3 N–H and O–H groups in total. The van der Waals surface area contributed by atoms with Crippen LogP contribution in [-0.2, 0) is 4.79 Å². The van der Waals surface area contributed by atoms with E-state index < -0.39 is 5.54 Å². The maximum atomic E-state index is 12.0. The molecule has 2 rings (SSSR count). The summed E-state index contributed by atoms with van der Waals surface area (Å²) in [5, 5.41) is 3.35. The lowest BCUT2D eigenvalue weighted by Crippen LogP contribution is -2.53. The fourth-order valence-electron chi connectivity index (χ4n) is 2.79. The first kappa shape index (κ1) is 14.7. The van der Waals surface area contributed by atoms with Crippen LogP contribution in [0.1, 0.15) is 39.5 Å². The number of rotatable bonds is 4. The first-order valence-electron chi connectivity index (χ1n) is 7.10. The van der Waals surface area contributed by atoms with E-state index in [0.717, 1.165) is 37.1 Å². The Kier molecular flexibility index (Phi) is 3.93. The first-order valence-corrected chi connectivity index (χ1v) is 7.10. The van der Waals surface area contributed by atoms with Gasteiger partial charge in [0.15, 0.2) is 0 Å². The second-order valence-corrected chi connectivity index (χ2v) is 6.44. The lowest BCUT2D eigenvalue weighted by Gasteiger charge is -2.42. The molecular formula is C16H24N2O2. The van der Waals surface area contributed by atoms with E-state index in [9.17, 15) is 4.79 Å². The summed E-state index contributed by atoms with van der Waals surface area (Å²) in [7, 11) is 1.63. The molecular weight excluding hydrogens is 252 g/mol. The van der Waals surface area contributed by atoms with E-state index in [1.807, 2.05) is 24.3 Å². The zero-order valence-corrected chi connectivity index (χ0v) is 12.5. The van der Waals surface area contributed by atoms with Crippen molar-refractivity contribution in [1.82, 2.24) is 0 Å². The molecule has 1 amide bonds. The number of ether oxygens (including phenoxy) is 1. The van der Waals surface area contributed by atoms with Crippen LogP contribution < -0.4 is 15.8 Å². The molecule has 1 aromatic rings. The van der Waals surface area contributed by atoms with Crippen LogP contribution in [0.3, 0.4) is 0 Å². The number of hydrogen-bond donors (Lipinski definition) is 2. The highest BCUT2D eigenvalue weighted by molar-refractivity contribution is 5.88. The average Bonchev–Trinajstić information content (AvgIpc) is 2.42. The number of carbonyl (C=O) groups is 1. The van der Waals surface area contributed by atoms with Gasteiger partial charge in [0.05, 0.1) is 12.8 Å². The Bertz CT molecular complexity index is 487. The lowest BCUT2D eigenvalue weighted by molar-refractivity contribution is -0.124. The van der Waals surface area contributed by atoms with E-state index in [0.29, 0.717) is 0 Å². The van der Waals surface area contributed by atoms with E-state index in [2.05, 4.69) is 19.2 Å². The maximum absolute atomic E-state index is 12.0. The topological polar surface area (TPSA) is 64.3 Å². The van der Waals surface area contributed by atoms with Crippen molar-refractivity contribution in [1.29, 1.82) is 0 Å². The number of anilines is 1. The van der Waals surface area contributed by atoms with Gasteiger partial charge in [0.2, 0.25) is 5.91 Å². The van der Waals surface area contributed by atoms with Gasteiger partial charge in [0.1, 0.15) is 11.3 Å². The monoisotopic (exact) mass is 276 g/mol. The SMILES string of the molecule is COc1ccccc1NC1(C(N)=O)CCC(C)(C)CC1. The molecule has 0 heterocycles. The number of hydrogen-bond acceptors (Lipinski definition) is 3. The summed E-state index contributed by atoms with van der Waals surface area (Å²) in [6, 6.07) is 7.63. The van der Waals surface area contributed by atoms with Crippen LogP contribution in [-0.4, -0.2) is 18.6 Å². The lowest BCUT2D eigenvalue weighted by atomic mass is 9.69. The number of nitrogens with one attached hydrogen (secondary N) is 1. The molecule has 110 valence electrons. The highest BCUT2D eigenvalue weighted by Crippen LogP contribution is 2.42. The van der Waals surface area contributed by atoms with E-state index in [-0.39, 0.29) is 11.3 Å². The van der Waals surface area contributed by atoms with E-state index >= 15 is 0 Å². The van der Waals surface area contributed by atoms with Gasteiger partial charge in [0.25, 0.3) is 0 Å². The van der Waals surface area contributed by atoms with Crippen LogP contribution in [0.15, 0.2) is 24.3 Å². The minimum Gasteiger partial charge on any atom is -0.495 e. The summed E-state index contributed by atoms with van der Waals surface area (Å²) in [5.41, 5.74) is 6.13. The summed E-state index contributed by atoms with van der Waals surface area (Å²) in [5.74, 6) is 0.455. The molecule has 0 saturated heterocycles. The minimum absolute atomic E-state index is 0.279. The molecule has 0 radical (unpaired) electrons. The van der Waals surface area contributed by atoms with Gasteiger partial charge in [0, 0.05) is 0 Å². The summed E-state index contributed by atoms with van der Waals surface area (Å²) >= 11 is 0. The number of para-hydroxylation sites is 2. The number of nitrogens with two attached hydrogens (primary N) is 1. The van der Waals surface area contributed by atoms with Crippen LogP contribution in [0, 0.1) is 5.41 Å². The van der Waals surface area contributed by atoms with Gasteiger partial charge in [-0.2, -0.15) is 0 Å². The molecule has 1 aliphatic rings. The molecule has 1 aliphatic carbocycles. The average molecular weight is 276 g/mol. The van der Waals surface area contributed by atoms with Crippen molar-refractivity contribution < 1.29 is 9.53 Å². The van der Waals surface area contributed by atoms with Crippen molar-refractivity contribution in [3.05, 3.63) is 24.3 Å². The maximum Gasteiger partial charge on any atom is 0.243 e. The van der Waals surface area contributed by atoms with E-state index in [1.165, 1.54) is 0 Å². The number of methoxy groups -OCH3 is 1. The van der Waals surface area contributed by atoms with Crippen molar-refractivity contribution in [2.45, 2.75) is 45.1 Å². The van der Waals surface area contributed by atoms with Gasteiger partial charge >= 0.3 is 0 Å². The Balaban J connectivity index is 2.25. The van der Waals surface area contributed by atoms with Gasteiger partial charge in [-0.15, -0.1) is 0 Å². The second-order valence-electron chi connectivity index (χ2n) is 6.44. The van der Waals surface area contributed by atoms with Crippen molar-refractivity contribution >= 4 is 11.6 Å². The van der Waals surface area contributed by atoms with Crippen molar-refractivity contribution in [2.75, 3.05) is 12.4 Å². The van der Waals surface area contributed by atoms with Gasteiger partial charge in [-0.1, -0.05) is 26.0 Å². The van der Waals surface area contributed by atoms with Crippen LogP contribution in [0.25, 0.3) is 0 Å². The Labute approximate surface area is 120 Å². The molecule has 4 nitrogen and oxygen atoms in total. The predicted octanol–water partition coefficient (Wildman–Crippen LogP) is 2.93. The van der Waals surface area contributed by atoms with Crippen LogP contribution in [0.2, 0.25) is 0 Å². The van der Waals surface area contributed by atoms with Gasteiger partial charge in [-0.05, 0) is 43.2 Å². The molecule has 0 bridgehead atoms. The highest BCUT2D eigenvalue weighted by atomic mass is 16.5. The molecule has 1 fully saturated rings. The molecule has 0 unspecified atom stereocenters. The molecule has 4 heteroatoms. The number of benzene rings is 1. The zero-order valence-electron chi connectivity index (χ0n) is 12.5. The molecule has 1 saturated carbocycles. The zero-order chi connectivity index (χ0) is 14.8. The summed E-state index contributed by atoms with van der Waals surface area (Å²) in [6.07, 6.45) is 3.48. The van der Waals surface area contributed by atoms with E-state index in [1.54, 1.807) is 7.11 Å². The summed E-state index contributed by atoms with van der Waals surface area (Å²) < 4.78 is 5.34. The smallest absolute Gasteiger partial charge is 0.243 e. The van der Waals surface area contributed by atoms with Crippen molar-refractivity contribution in [2.24, 2.45) is 11.1 Å². The Hall–Kier alpha value is -1.71. The number of primary amides is 1. The largest absolute Gasteiger partial charge is 0.495 e. The normalized spacial score (nSPS) is 20.1. The molecule has 0 atom stereocenters. The van der Waals surface area contributed by atoms with E-state index in [4.69, 9.17) is 10.5 Å². The third-order valence-corrected chi connectivity index (χ3v) is 4.41. The molecule has 0 aromatic heterocycles. The highest BCUT2D eigenvalue weighted by Gasteiger charge is 2.43. The Morgan fingerprint density at radius 1 is 1.20 bits per heavy atom.